The van der Waals surface area contributed by atoms with Gasteiger partial charge in [-0.05, 0) is 32.6 Å². The summed E-state index contributed by atoms with van der Waals surface area (Å²) in [6, 6.07) is 0. The Morgan fingerprint density at radius 1 is 1.43 bits per heavy atom. The van der Waals surface area contributed by atoms with Crippen LogP contribution in [-0.4, -0.2) is 19.3 Å². The molecule has 0 aromatic rings. The van der Waals surface area contributed by atoms with Crippen molar-refractivity contribution in [3.05, 3.63) is 0 Å². The van der Waals surface area contributed by atoms with Crippen LogP contribution >= 0.6 is 0 Å². The van der Waals surface area contributed by atoms with E-state index in [1.165, 1.54) is 0 Å². The summed E-state index contributed by atoms with van der Waals surface area (Å²) in [5.74, 6) is 0.336. The third kappa shape index (κ3) is 2.23. The van der Waals surface area contributed by atoms with Gasteiger partial charge in [-0.3, -0.25) is 4.79 Å². The maximum Gasteiger partial charge on any atom is 0.159 e. The molecule has 1 fully saturated rings. The van der Waals surface area contributed by atoms with Gasteiger partial charge < -0.3 is 4.55 Å². The Bertz CT molecular complexity index is 260. The van der Waals surface area contributed by atoms with Gasteiger partial charge in [0.2, 0.25) is 0 Å². The molecule has 0 aromatic carbocycles. The van der Waals surface area contributed by atoms with E-state index >= 15 is 0 Å². The molecule has 4 heteroatoms. The molecule has 1 aliphatic rings. The van der Waals surface area contributed by atoms with E-state index in [0.717, 1.165) is 12.8 Å². The van der Waals surface area contributed by atoms with Crippen molar-refractivity contribution < 1.29 is 13.6 Å². The van der Waals surface area contributed by atoms with Crippen LogP contribution in [-0.2, 0) is 15.9 Å². The molecule has 3 nitrogen and oxygen atoms in total. The summed E-state index contributed by atoms with van der Waals surface area (Å²) in [6.07, 6.45) is 2.29. The van der Waals surface area contributed by atoms with E-state index in [9.17, 15) is 9.00 Å². The fraction of sp³-hybridized carbons (Fsp3) is 0.900. The highest BCUT2D eigenvalue weighted by molar-refractivity contribution is 7.80. The number of carbonyl (C=O) groups excluding carboxylic acids is 1. The highest BCUT2D eigenvalue weighted by Gasteiger charge is 2.41. The molecule has 0 saturated heterocycles. The fourth-order valence-corrected chi connectivity index (χ4v) is 2.55. The zero-order chi connectivity index (χ0) is 10.9. The topological polar surface area (TPSA) is 54.4 Å². The summed E-state index contributed by atoms with van der Waals surface area (Å²) in [6.45, 7) is 5.44. The van der Waals surface area contributed by atoms with Crippen LogP contribution in [0.1, 0.15) is 40.0 Å². The van der Waals surface area contributed by atoms with Crippen molar-refractivity contribution in [1.29, 1.82) is 0 Å². The Morgan fingerprint density at radius 2 is 2.00 bits per heavy atom. The van der Waals surface area contributed by atoms with Crippen molar-refractivity contribution in [2.45, 2.75) is 44.8 Å². The molecular formula is C10H18O3S. The maximum absolute atomic E-state index is 11.7. The third-order valence-electron chi connectivity index (χ3n) is 3.18. The molecule has 0 heterocycles. The summed E-state index contributed by atoms with van der Waals surface area (Å²) in [5.41, 5.74) is 0. The largest absolute Gasteiger partial charge is 0.306 e. The molecule has 1 aliphatic carbocycles. The second-order valence-electron chi connectivity index (χ2n) is 4.76. The minimum Gasteiger partial charge on any atom is -0.306 e. The molecule has 0 aromatic heterocycles. The number of hydrogen-bond donors (Lipinski definition) is 1. The highest BCUT2D eigenvalue weighted by Crippen LogP contribution is 2.35. The molecule has 0 spiro atoms. The van der Waals surface area contributed by atoms with Gasteiger partial charge >= 0.3 is 0 Å². The molecule has 1 saturated carbocycles. The van der Waals surface area contributed by atoms with Crippen molar-refractivity contribution >= 4 is 16.9 Å². The van der Waals surface area contributed by atoms with E-state index < -0.39 is 15.8 Å². The van der Waals surface area contributed by atoms with E-state index in [1.54, 1.807) is 13.8 Å². The number of carbonyl (C=O) groups is 1. The van der Waals surface area contributed by atoms with E-state index in [0.29, 0.717) is 12.3 Å². The Morgan fingerprint density at radius 3 is 2.43 bits per heavy atom. The monoisotopic (exact) mass is 218 g/mol. The second-order valence-corrected chi connectivity index (χ2v) is 6.31. The van der Waals surface area contributed by atoms with Crippen LogP contribution in [0.3, 0.4) is 0 Å². The van der Waals surface area contributed by atoms with Crippen LogP contribution in [0.4, 0.5) is 0 Å². The molecular weight excluding hydrogens is 200 g/mol. The lowest BCUT2D eigenvalue weighted by atomic mass is 9.76. The van der Waals surface area contributed by atoms with E-state index in [1.807, 2.05) is 0 Å². The van der Waals surface area contributed by atoms with Gasteiger partial charge in [0, 0.05) is 12.3 Å². The third-order valence-corrected chi connectivity index (χ3v) is 4.36. The maximum atomic E-state index is 11.7. The van der Waals surface area contributed by atoms with E-state index in [4.69, 9.17) is 4.55 Å². The Balaban J connectivity index is 2.79. The number of Topliss-reactive ketones (excluding diaryl/α,β-unsaturated/α-hetero) is 1. The van der Waals surface area contributed by atoms with Gasteiger partial charge in [-0.15, -0.1) is 0 Å². The van der Waals surface area contributed by atoms with E-state index in [-0.39, 0.29) is 11.7 Å². The first-order chi connectivity index (χ1) is 6.35. The smallest absolute Gasteiger partial charge is 0.159 e. The first-order valence-corrected chi connectivity index (χ1v) is 6.10. The zero-order valence-electron chi connectivity index (χ0n) is 8.95. The van der Waals surface area contributed by atoms with Crippen molar-refractivity contribution in [2.75, 3.05) is 0 Å². The van der Waals surface area contributed by atoms with Gasteiger partial charge in [0.05, 0.1) is 4.75 Å². The SMILES string of the molecule is CC1CCC(C(C)(C)S(=O)O)C(=O)C1. The summed E-state index contributed by atoms with van der Waals surface area (Å²) < 4.78 is 19.4. The molecule has 1 N–H and O–H groups in total. The van der Waals surface area contributed by atoms with Crippen LogP contribution < -0.4 is 0 Å². The predicted molar refractivity (Wildman–Crippen MR) is 56.4 cm³/mol. The molecule has 1 rings (SSSR count). The van der Waals surface area contributed by atoms with Crippen molar-refractivity contribution in [3.63, 3.8) is 0 Å². The van der Waals surface area contributed by atoms with Crippen LogP contribution in [0.5, 0.6) is 0 Å². The number of ketones is 1. The summed E-state index contributed by atoms with van der Waals surface area (Å²) in [4.78, 5) is 11.7. The van der Waals surface area contributed by atoms with Crippen LogP contribution in [0.25, 0.3) is 0 Å². The van der Waals surface area contributed by atoms with Crippen LogP contribution in [0.2, 0.25) is 0 Å². The lowest BCUT2D eigenvalue weighted by Crippen LogP contribution is -2.43. The van der Waals surface area contributed by atoms with Gasteiger partial charge in [-0.2, -0.15) is 0 Å². The van der Waals surface area contributed by atoms with Crippen molar-refractivity contribution in [1.82, 2.24) is 0 Å². The second kappa shape index (κ2) is 4.11. The van der Waals surface area contributed by atoms with Gasteiger partial charge in [0.15, 0.2) is 11.1 Å². The van der Waals surface area contributed by atoms with Crippen LogP contribution in [0.15, 0.2) is 0 Å². The molecule has 0 bridgehead atoms. The molecule has 3 unspecified atom stereocenters. The quantitative estimate of drug-likeness (QED) is 0.721. The van der Waals surface area contributed by atoms with Crippen molar-refractivity contribution in [2.24, 2.45) is 11.8 Å². The Kier molecular flexibility index (Phi) is 3.48. The predicted octanol–water partition coefficient (Wildman–Crippen LogP) is 1.99. The number of hydrogen-bond acceptors (Lipinski definition) is 2. The van der Waals surface area contributed by atoms with E-state index in [2.05, 4.69) is 6.92 Å². The minimum absolute atomic E-state index is 0.149. The molecule has 0 amide bonds. The van der Waals surface area contributed by atoms with Gasteiger partial charge in [0.1, 0.15) is 5.78 Å². The Labute approximate surface area is 87.6 Å². The normalized spacial score (nSPS) is 31.6. The summed E-state index contributed by atoms with van der Waals surface area (Å²) in [5, 5.41) is 0. The summed E-state index contributed by atoms with van der Waals surface area (Å²) >= 11 is -1.93. The molecule has 0 aliphatic heterocycles. The zero-order valence-corrected chi connectivity index (χ0v) is 9.76. The van der Waals surface area contributed by atoms with Crippen molar-refractivity contribution in [3.8, 4) is 0 Å². The first-order valence-electron chi connectivity index (χ1n) is 4.99. The summed E-state index contributed by atoms with van der Waals surface area (Å²) in [7, 11) is 0. The lowest BCUT2D eigenvalue weighted by Gasteiger charge is -2.34. The lowest BCUT2D eigenvalue weighted by molar-refractivity contribution is -0.126. The van der Waals surface area contributed by atoms with Gasteiger partial charge in [0.25, 0.3) is 0 Å². The highest BCUT2D eigenvalue weighted by atomic mass is 32.2. The average molecular weight is 218 g/mol. The number of rotatable bonds is 2. The molecule has 82 valence electrons. The van der Waals surface area contributed by atoms with Gasteiger partial charge in [-0.25, -0.2) is 4.21 Å². The van der Waals surface area contributed by atoms with Crippen LogP contribution in [0, 0.1) is 11.8 Å². The minimum atomic E-state index is -1.93. The Hall–Kier alpha value is -0.220. The molecule has 0 radical (unpaired) electrons. The molecule has 3 atom stereocenters. The average Bonchev–Trinajstić information content (AvgIpc) is 2.02. The molecule has 14 heavy (non-hydrogen) atoms. The van der Waals surface area contributed by atoms with Gasteiger partial charge in [-0.1, -0.05) is 6.92 Å². The first kappa shape index (κ1) is 11.9. The standard InChI is InChI=1S/C10H18O3S/c1-7-4-5-8(9(11)6-7)10(2,3)14(12)13/h7-8H,4-6H2,1-3H3,(H,12,13). The fourth-order valence-electron chi connectivity index (χ4n) is 2.06.